The van der Waals surface area contributed by atoms with Crippen molar-refractivity contribution in [3.8, 4) is 0 Å². The van der Waals surface area contributed by atoms with E-state index in [9.17, 15) is 49.5 Å². The van der Waals surface area contributed by atoms with Gasteiger partial charge in [-0.05, 0) is 0 Å². The Kier molecular flexibility index (Phi) is 7.85. The lowest BCUT2D eigenvalue weighted by atomic mass is 9.67. The highest BCUT2D eigenvalue weighted by molar-refractivity contribution is 5.77. The van der Waals surface area contributed by atoms with Crippen LogP contribution in [0.25, 0.3) is 0 Å². The first-order valence-electron chi connectivity index (χ1n) is 8.70. The minimum Gasteiger partial charge on any atom is -0.481 e. The van der Waals surface area contributed by atoms with Crippen LogP contribution >= 0.6 is 0 Å². The largest absolute Gasteiger partial charge is 0.481 e. The Labute approximate surface area is 170 Å². The highest BCUT2D eigenvalue weighted by Gasteiger charge is 2.66. The average Bonchev–Trinajstić information content (AvgIpc) is 2.58. The average molecular weight is 435 g/mol. The number of nitrogens with two attached hydrogens (primary N) is 2. The fourth-order valence-corrected chi connectivity index (χ4v) is 4.17. The Morgan fingerprint density at radius 3 is 1.53 bits per heavy atom. The summed E-state index contributed by atoms with van der Waals surface area (Å²) in [6.45, 7) is -2.87. The minimum atomic E-state index is -2.27. The first kappa shape index (κ1) is 25.2. The Hall–Kier alpha value is -2.81. The number of ether oxygens (including phenoxy) is 1. The number of hydrogen-bond acceptors (Lipinski definition) is 9. The highest BCUT2D eigenvalue weighted by atomic mass is 16.5. The van der Waals surface area contributed by atoms with Crippen molar-refractivity contribution in [1.29, 1.82) is 0 Å². The van der Waals surface area contributed by atoms with Crippen LogP contribution in [-0.2, 0) is 28.7 Å². The lowest BCUT2D eigenvalue weighted by Crippen LogP contribution is -2.82. The molecule has 1 aliphatic rings. The number of hydrogen-bond donors (Lipinski definition) is 7. The molecule has 14 nitrogen and oxygen atoms in total. The lowest BCUT2D eigenvalue weighted by Gasteiger charge is -2.63. The molecule has 0 aromatic rings. The highest BCUT2D eigenvalue weighted by Crippen LogP contribution is 2.48. The Balaban J connectivity index is 3.91. The zero-order chi connectivity index (χ0) is 23.3. The van der Waals surface area contributed by atoms with Crippen LogP contribution in [0, 0.1) is 0 Å². The van der Waals surface area contributed by atoms with E-state index in [-0.39, 0.29) is 0 Å². The maximum Gasteiger partial charge on any atom is 0.317 e. The predicted octanol–water partition coefficient (Wildman–Crippen LogP) is -2.56. The van der Waals surface area contributed by atoms with Crippen molar-refractivity contribution in [3.63, 3.8) is 0 Å². The SMILES string of the molecule is NCC1(CC(=O)O)COC(CC(=O)O)(CC(=O)O)C(CN)(CC(=O)O)N1CC(=O)O. The molecule has 2 atom stereocenters. The number of aliphatic carboxylic acids is 5. The molecule has 1 rings (SSSR count). The van der Waals surface area contributed by atoms with Gasteiger partial charge in [0, 0.05) is 13.1 Å². The number of nitrogens with zero attached hydrogens (tertiary/aromatic N) is 1. The lowest BCUT2D eigenvalue weighted by molar-refractivity contribution is -0.256. The van der Waals surface area contributed by atoms with Gasteiger partial charge < -0.3 is 41.7 Å². The molecule has 0 aromatic heterocycles. The normalized spacial score (nSPS) is 26.1. The van der Waals surface area contributed by atoms with Gasteiger partial charge in [0.15, 0.2) is 0 Å². The molecule has 0 aliphatic carbocycles. The van der Waals surface area contributed by atoms with Gasteiger partial charge in [0.05, 0.1) is 49.9 Å². The zero-order valence-electron chi connectivity index (χ0n) is 15.9. The van der Waals surface area contributed by atoms with Gasteiger partial charge in [-0.25, -0.2) is 0 Å². The molecule has 0 aromatic carbocycles. The Morgan fingerprint density at radius 1 is 0.733 bits per heavy atom. The van der Waals surface area contributed by atoms with E-state index in [2.05, 4.69) is 0 Å². The molecular weight excluding hydrogens is 410 g/mol. The topological polar surface area (TPSA) is 251 Å². The van der Waals surface area contributed by atoms with Gasteiger partial charge in [0.25, 0.3) is 0 Å². The van der Waals surface area contributed by atoms with E-state index >= 15 is 0 Å². The van der Waals surface area contributed by atoms with Crippen molar-refractivity contribution in [1.82, 2.24) is 4.90 Å². The van der Waals surface area contributed by atoms with Crippen molar-refractivity contribution in [2.45, 2.75) is 42.4 Å². The maximum atomic E-state index is 11.7. The Bertz CT molecular complexity index is 711. The van der Waals surface area contributed by atoms with E-state index in [1.165, 1.54) is 0 Å². The second kappa shape index (κ2) is 9.34. The van der Waals surface area contributed by atoms with Crippen LogP contribution in [-0.4, -0.2) is 103 Å². The third kappa shape index (κ3) is 4.84. The molecule has 1 fully saturated rings. The number of carbonyl (C=O) groups is 5. The van der Waals surface area contributed by atoms with Crippen molar-refractivity contribution in [2.24, 2.45) is 11.5 Å². The summed E-state index contributed by atoms with van der Waals surface area (Å²) in [4.78, 5) is 58.8. The number of rotatable bonds is 12. The predicted molar refractivity (Wildman–Crippen MR) is 95.6 cm³/mol. The molecule has 1 aliphatic heterocycles. The molecule has 1 heterocycles. The second-order valence-electron chi connectivity index (χ2n) is 7.21. The zero-order valence-corrected chi connectivity index (χ0v) is 15.9. The molecule has 14 heteroatoms. The van der Waals surface area contributed by atoms with Crippen molar-refractivity contribution in [3.05, 3.63) is 0 Å². The molecule has 0 radical (unpaired) electrons. The summed E-state index contributed by atoms with van der Waals surface area (Å²) in [5, 5.41) is 47.1. The minimum absolute atomic E-state index is 0.510. The molecular formula is C16H25N3O11. The first-order valence-corrected chi connectivity index (χ1v) is 8.70. The van der Waals surface area contributed by atoms with Crippen LogP contribution in [0.5, 0.6) is 0 Å². The Morgan fingerprint density at radius 2 is 1.20 bits per heavy atom. The standard InChI is InChI=1S/C16H25N3O11/c17-6-14(1-9(20)21)8-30-16(3-11(24)25,4-12(26)27)15(7-18,2-10(22)23)19(14)5-13(28)29/h1-8,17-18H2,(H,20,21)(H,22,23)(H,24,25)(H,26,27)(H,28,29). The van der Waals surface area contributed by atoms with Crippen molar-refractivity contribution < 1.29 is 54.2 Å². The van der Waals surface area contributed by atoms with Gasteiger partial charge in [0.1, 0.15) is 5.60 Å². The summed E-state index contributed by atoms with van der Waals surface area (Å²) in [6.07, 6.45) is -3.84. The first-order chi connectivity index (χ1) is 13.8. The van der Waals surface area contributed by atoms with Crippen molar-refractivity contribution in [2.75, 3.05) is 26.2 Å². The molecule has 0 amide bonds. The third-order valence-corrected chi connectivity index (χ3v) is 5.36. The van der Waals surface area contributed by atoms with Crippen LogP contribution < -0.4 is 11.5 Å². The molecule has 30 heavy (non-hydrogen) atoms. The summed E-state index contributed by atoms with van der Waals surface area (Å²) in [5.41, 5.74) is 5.33. The van der Waals surface area contributed by atoms with E-state index in [1.54, 1.807) is 0 Å². The summed E-state index contributed by atoms with van der Waals surface area (Å²) in [5.74, 6) is -7.57. The van der Waals surface area contributed by atoms with E-state index in [0.29, 0.717) is 0 Å². The van der Waals surface area contributed by atoms with Gasteiger partial charge in [0.2, 0.25) is 0 Å². The number of carboxylic acids is 5. The third-order valence-electron chi connectivity index (χ3n) is 5.36. The van der Waals surface area contributed by atoms with E-state index in [0.717, 1.165) is 4.90 Å². The molecule has 9 N–H and O–H groups in total. The fourth-order valence-electron chi connectivity index (χ4n) is 4.17. The van der Waals surface area contributed by atoms with Crippen LogP contribution in [0.2, 0.25) is 0 Å². The molecule has 2 unspecified atom stereocenters. The summed E-state index contributed by atoms with van der Waals surface area (Å²) >= 11 is 0. The summed E-state index contributed by atoms with van der Waals surface area (Å²) in [7, 11) is 0. The maximum absolute atomic E-state index is 11.7. The van der Waals surface area contributed by atoms with Crippen LogP contribution in [0.1, 0.15) is 25.7 Å². The monoisotopic (exact) mass is 435 g/mol. The van der Waals surface area contributed by atoms with Gasteiger partial charge in [-0.15, -0.1) is 0 Å². The number of morpholine rings is 1. The van der Waals surface area contributed by atoms with Gasteiger partial charge in [-0.1, -0.05) is 0 Å². The van der Waals surface area contributed by atoms with E-state index < -0.39 is 98.4 Å². The van der Waals surface area contributed by atoms with E-state index in [1.807, 2.05) is 0 Å². The second-order valence-corrected chi connectivity index (χ2v) is 7.21. The quantitative estimate of drug-likeness (QED) is 0.166. The van der Waals surface area contributed by atoms with Crippen molar-refractivity contribution >= 4 is 29.8 Å². The van der Waals surface area contributed by atoms with Crippen LogP contribution in [0.15, 0.2) is 0 Å². The summed E-state index contributed by atoms with van der Waals surface area (Å²) < 4.78 is 5.63. The van der Waals surface area contributed by atoms with Gasteiger partial charge in [-0.3, -0.25) is 28.9 Å². The van der Waals surface area contributed by atoms with Crippen LogP contribution in [0.3, 0.4) is 0 Å². The summed E-state index contributed by atoms with van der Waals surface area (Å²) in [6, 6.07) is 0. The molecule has 0 spiro atoms. The number of carboxylic acid groups (broad SMARTS) is 5. The van der Waals surface area contributed by atoms with Gasteiger partial charge in [-0.2, -0.15) is 0 Å². The van der Waals surface area contributed by atoms with Gasteiger partial charge >= 0.3 is 29.8 Å². The fraction of sp³-hybridized carbons (Fsp3) is 0.688. The molecule has 170 valence electrons. The molecule has 1 saturated heterocycles. The molecule has 0 saturated carbocycles. The molecule has 0 bridgehead atoms. The smallest absolute Gasteiger partial charge is 0.317 e. The van der Waals surface area contributed by atoms with Crippen LogP contribution in [0.4, 0.5) is 0 Å². The van der Waals surface area contributed by atoms with E-state index in [4.69, 9.17) is 16.2 Å².